The first-order valence-electron chi connectivity index (χ1n) is 7.81. The molecule has 0 radical (unpaired) electrons. The van der Waals surface area contributed by atoms with Gasteiger partial charge in [-0.3, -0.25) is 0 Å². The molecule has 176 valence electrons. The molecule has 0 bridgehead atoms. The van der Waals surface area contributed by atoms with Crippen molar-refractivity contribution in [1.29, 1.82) is 0 Å². The van der Waals surface area contributed by atoms with Crippen LogP contribution in [0.15, 0.2) is 37.0 Å². The van der Waals surface area contributed by atoms with Gasteiger partial charge in [0.05, 0.1) is 6.67 Å². The summed E-state index contributed by atoms with van der Waals surface area (Å²) in [4.78, 5) is 3.21. The number of sulfonamides is 2. The van der Waals surface area contributed by atoms with Crippen LogP contribution in [0.5, 0.6) is 0 Å². The molecule has 0 atom stereocenters. The molecule has 0 aromatic carbocycles. The quantitative estimate of drug-likeness (QED) is 0.346. The van der Waals surface area contributed by atoms with E-state index in [0.29, 0.717) is 0 Å². The van der Waals surface area contributed by atoms with Crippen LogP contribution >= 0.6 is 12.4 Å². The van der Waals surface area contributed by atoms with E-state index in [9.17, 15) is 43.2 Å². The lowest BCUT2D eigenvalue weighted by Gasteiger charge is -2.14. The van der Waals surface area contributed by atoms with Crippen LogP contribution < -0.4 is 9.44 Å². The molecule has 0 spiro atoms. The zero-order valence-electron chi connectivity index (χ0n) is 15.0. The number of halogens is 7. The Morgan fingerprint density at radius 3 is 1.40 bits per heavy atom. The van der Waals surface area contributed by atoms with Crippen LogP contribution in [0.3, 0.4) is 0 Å². The minimum atomic E-state index is -5.37. The van der Waals surface area contributed by atoms with Gasteiger partial charge < -0.3 is 9.80 Å². The van der Waals surface area contributed by atoms with Gasteiger partial charge in [-0.2, -0.15) is 26.3 Å². The van der Waals surface area contributed by atoms with Crippen molar-refractivity contribution in [3.05, 3.63) is 37.0 Å². The number of alkyl halides is 6. The molecule has 0 amide bonds. The van der Waals surface area contributed by atoms with Gasteiger partial charge in [-0.05, 0) is 12.8 Å². The first-order chi connectivity index (χ1) is 13.2. The predicted octanol–water partition coefficient (Wildman–Crippen LogP) is 2.14. The van der Waals surface area contributed by atoms with E-state index in [1.54, 1.807) is 22.2 Å². The van der Waals surface area contributed by atoms with Gasteiger partial charge in [0.2, 0.25) is 0 Å². The second-order valence-electron chi connectivity index (χ2n) is 5.50. The smallest absolute Gasteiger partial charge is 0.335 e. The van der Waals surface area contributed by atoms with Gasteiger partial charge in [0.1, 0.15) is 0 Å². The number of nitrogens with zero attached hydrogens (tertiary/aromatic N) is 2. The maximum atomic E-state index is 12.1. The maximum absolute atomic E-state index is 12.1. The minimum absolute atomic E-state index is 0. The molecule has 30 heavy (non-hydrogen) atoms. The van der Waals surface area contributed by atoms with E-state index in [1.807, 2.05) is 0 Å². The molecule has 1 aliphatic heterocycles. The maximum Gasteiger partial charge on any atom is 0.511 e. The van der Waals surface area contributed by atoms with Gasteiger partial charge >= 0.3 is 31.1 Å². The summed E-state index contributed by atoms with van der Waals surface area (Å²) in [5, 5.41) is 0. The fourth-order valence-electron chi connectivity index (χ4n) is 1.78. The van der Waals surface area contributed by atoms with Gasteiger partial charge in [0.15, 0.2) is 0 Å². The summed E-state index contributed by atoms with van der Waals surface area (Å²) in [7, 11) is -10.7. The van der Waals surface area contributed by atoms with E-state index in [0.717, 1.165) is 0 Å². The van der Waals surface area contributed by atoms with Crippen molar-refractivity contribution in [2.45, 2.75) is 23.9 Å². The van der Waals surface area contributed by atoms with Crippen molar-refractivity contribution in [2.75, 3.05) is 19.8 Å². The summed E-state index contributed by atoms with van der Waals surface area (Å²) in [6.45, 7) is -0.587. The Hall–Kier alpha value is -1.49. The average molecular weight is 509 g/mol. The molecule has 1 heterocycles. The molecular weight excluding hydrogens is 490 g/mol. The number of hydrogen-bond acceptors (Lipinski definition) is 6. The molecule has 2 N–H and O–H groups in total. The van der Waals surface area contributed by atoms with Crippen LogP contribution in [0.4, 0.5) is 26.3 Å². The van der Waals surface area contributed by atoms with Gasteiger partial charge in [-0.15, -0.1) is 12.4 Å². The van der Waals surface area contributed by atoms with Crippen molar-refractivity contribution in [3.8, 4) is 0 Å². The van der Waals surface area contributed by atoms with E-state index < -0.39 is 44.2 Å². The van der Waals surface area contributed by atoms with Crippen LogP contribution in [0, 0.1) is 0 Å². The second kappa shape index (κ2) is 11.2. The Morgan fingerprint density at radius 1 is 0.767 bits per heavy atom. The molecule has 1 rings (SSSR count). The molecular formula is C13H19ClF6N4O4S2. The summed E-state index contributed by atoms with van der Waals surface area (Å²) in [6.07, 6.45) is 9.10. The standard InChI is InChI=1S/C13H18F6N4O4S2.ClH/c14-12(15,16)28(24,25)20-5-1-3-7-22-9-10-23(11-22)8-4-2-6-21-29(26,27)13(17,18)19;/h3-4,7-10,20-21H,1-2,5-6,11H2;1H. The molecule has 0 aliphatic carbocycles. The van der Waals surface area contributed by atoms with Crippen molar-refractivity contribution in [2.24, 2.45) is 0 Å². The van der Waals surface area contributed by atoms with E-state index in [2.05, 4.69) is 0 Å². The molecule has 0 saturated carbocycles. The Bertz CT molecular complexity index is 773. The third-order valence-electron chi connectivity index (χ3n) is 3.19. The first kappa shape index (κ1) is 28.5. The molecule has 0 aromatic rings. The van der Waals surface area contributed by atoms with Crippen LogP contribution in [0.2, 0.25) is 0 Å². The Labute approximate surface area is 175 Å². The lowest BCUT2D eigenvalue weighted by molar-refractivity contribution is -0.0453. The van der Waals surface area contributed by atoms with E-state index >= 15 is 0 Å². The molecule has 17 heteroatoms. The number of rotatable bonds is 10. The highest BCUT2D eigenvalue weighted by Crippen LogP contribution is 2.22. The SMILES string of the molecule is Cl.O=S(=O)(NCCC=CN1C=CN(C=CCCNS(=O)(=O)C(F)(F)F)C1)C(F)(F)F. The normalized spacial score (nSPS) is 16.1. The Morgan fingerprint density at radius 2 is 1.10 bits per heavy atom. The van der Waals surface area contributed by atoms with Crippen LogP contribution in [0.25, 0.3) is 0 Å². The van der Waals surface area contributed by atoms with Crippen molar-refractivity contribution in [3.63, 3.8) is 0 Å². The van der Waals surface area contributed by atoms with Crippen LogP contribution in [0.1, 0.15) is 12.8 Å². The summed E-state index contributed by atoms with van der Waals surface area (Å²) in [6, 6.07) is 0. The molecule has 0 saturated heterocycles. The van der Waals surface area contributed by atoms with Gasteiger partial charge in [-0.25, -0.2) is 26.3 Å². The highest BCUT2D eigenvalue weighted by atomic mass is 35.5. The van der Waals surface area contributed by atoms with Crippen molar-refractivity contribution in [1.82, 2.24) is 19.2 Å². The zero-order chi connectivity index (χ0) is 22.3. The van der Waals surface area contributed by atoms with Crippen LogP contribution in [-0.4, -0.2) is 57.4 Å². The highest BCUT2D eigenvalue weighted by molar-refractivity contribution is 7.90. The lowest BCUT2D eigenvalue weighted by Crippen LogP contribution is -2.36. The largest absolute Gasteiger partial charge is 0.511 e. The number of nitrogens with one attached hydrogen (secondary N) is 2. The topological polar surface area (TPSA) is 98.8 Å². The first-order valence-corrected chi connectivity index (χ1v) is 10.8. The molecule has 0 unspecified atom stereocenters. The third-order valence-corrected chi connectivity index (χ3v) is 5.57. The molecule has 8 nitrogen and oxygen atoms in total. The number of hydrogen-bond donors (Lipinski definition) is 2. The monoisotopic (exact) mass is 508 g/mol. The van der Waals surface area contributed by atoms with Gasteiger partial charge in [-0.1, -0.05) is 12.2 Å². The van der Waals surface area contributed by atoms with Crippen LogP contribution in [-0.2, 0) is 20.0 Å². The molecule has 0 fully saturated rings. The van der Waals surface area contributed by atoms with E-state index in [-0.39, 0.29) is 31.9 Å². The summed E-state index contributed by atoms with van der Waals surface area (Å²) < 4.78 is 119. The lowest BCUT2D eigenvalue weighted by atomic mass is 10.4. The highest BCUT2D eigenvalue weighted by Gasteiger charge is 2.45. The summed E-state index contributed by atoms with van der Waals surface area (Å²) >= 11 is 0. The summed E-state index contributed by atoms with van der Waals surface area (Å²) in [5.41, 5.74) is -10.7. The van der Waals surface area contributed by atoms with Gasteiger partial charge in [0, 0.05) is 37.9 Å². The average Bonchev–Trinajstić information content (AvgIpc) is 2.99. The predicted molar refractivity (Wildman–Crippen MR) is 98.4 cm³/mol. The molecule has 1 aliphatic rings. The van der Waals surface area contributed by atoms with Crippen molar-refractivity contribution < 1.29 is 43.2 Å². The fourth-order valence-corrected chi connectivity index (χ4v) is 2.89. The zero-order valence-corrected chi connectivity index (χ0v) is 17.5. The van der Waals surface area contributed by atoms with E-state index in [1.165, 1.54) is 34.0 Å². The Balaban J connectivity index is 0.00000841. The van der Waals surface area contributed by atoms with Crippen molar-refractivity contribution >= 4 is 32.5 Å². The van der Waals surface area contributed by atoms with E-state index in [4.69, 9.17) is 0 Å². The third kappa shape index (κ3) is 9.11. The Kier molecular flexibility index (Phi) is 10.7. The minimum Gasteiger partial charge on any atom is -0.335 e. The van der Waals surface area contributed by atoms with Gasteiger partial charge in [0.25, 0.3) is 0 Å². The fraction of sp³-hybridized carbons (Fsp3) is 0.538. The molecule has 0 aromatic heterocycles. The summed E-state index contributed by atoms with van der Waals surface area (Å²) in [5.74, 6) is 0. The second-order valence-corrected chi connectivity index (χ2v) is 9.02.